The minimum atomic E-state index is -0.348. The largest absolute Gasteiger partial charge is 0.343 e. The number of nitrogens with one attached hydrogen (secondary N) is 2. The highest BCUT2D eigenvalue weighted by Crippen LogP contribution is 2.29. The van der Waals surface area contributed by atoms with E-state index in [-0.39, 0.29) is 18.4 Å². The van der Waals surface area contributed by atoms with Crippen LogP contribution < -0.4 is 10.6 Å². The standard InChI is InChI=1S/C16H13BrN4O2S3/c17-11-4-1-3-10(7-11)14(23)18-8-13(22)19-15-20-21-16(26-15)25-9-12-5-2-6-24-12/h1-7H,8-9H2,(H,18,23)(H,19,20,22). The fourth-order valence-electron chi connectivity index (χ4n) is 1.90. The van der Waals surface area contributed by atoms with Gasteiger partial charge in [0.1, 0.15) is 0 Å². The Bertz CT molecular complexity index is 899. The number of halogens is 1. The van der Waals surface area contributed by atoms with Gasteiger partial charge in [0.05, 0.1) is 6.54 Å². The Morgan fingerprint density at radius 1 is 1.19 bits per heavy atom. The molecule has 2 heterocycles. The van der Waals surface area contributed by atoms with E-state index in [1.807, 2.05) is 17.5 Å². The first-order valence-corrected chi connectivity index (χ1v) is 10.9. The highest BCUT2D eigenvalue weighted by molar-refractivity contribution is 9.10. The minimum absolute atomic E-state index is 0.136. The van der Waals surface area contributed by atoms with Crippen molar-refractivity contribution in [1.29, 1.82) is 0 Å². The monoisotopic (exact) mass is 468 g/mol. The minimum Gasteiger partial charge on any atom is -0.343 e. The van der Waals surface area contributed by atoms with Gasteiger partial charge in [0, 0.05) is 20.7 Å². The molecule has 2 aromatic heterocycles. The predicted molar refractivity (Wildman–Crippen MR) is 109 cm³/mol. The van der Waals surface area contributed by atoms with Crippen LogP contribution in [0.4, 0.5) is 5.13 Å². The third kappa shape index (κ3) is 5.63. The zero-order chi connectivity index (χ0) is 18.4. The number of rotatable bonds is 7. The molecule has 26 heavy (non-hydrogen) atoms. The van der Waals surface area contributed by atoms with E-state index in [0.717, 1.165) is 14.6 Å². The van der Waals surface area contributed by atoms with Crippen molar-refractivity contribution in [2.75, 3.05) is 11.9 Å². The molecule has 3 rings (SSSR count). The zero-order valence-electron chi connectivity index (χ0n) is 13.3. The van der Waals surface area contributed by atoms with Gasteiger partial charge in [0.15, 0.2) is 4.34 Å². The van der Waals surface area contributed by atoms with Gasteiger partial charge in [0.25, 0.3) is 5.91 Å². The molecule has 0 aliphatic heterocycles. The van der Waals surface area contributed by atoms with E-state index in [4.69, 9.17) is 0 Å². The van der Waals surface area contributed by atoms with Crippen LogP contribution in [0.15, 0.2) is 50.6 Å². The molecular formula is C16H13BrN4O2S3. The number of thioether (sulfide) groups is 1. The molecule has 0 saturated carbocycles. The lowest BCUT2D eigenvalue weighted by Gasteiger charge is -2.05. The van der Waals surface area contributed by atoms with Crippen molar-refractivity contribution in [3.05, 3.63) is 56.7 Å². The first kappa shape index (κ1) is 19.0. The summed E-state index contributed by atoms with van der Waals surface area (Å²) in [5.41, 5.74) is 0.482. The number of amides is 2. The number of anilines is 1. The lowest BCUT2D eigenvalue weighted by atomic mass is 10.2. The number of nitrogens with zero attached hydrogens (tertiary/aromatic N) is 2. The van der Waals surface area contributed by atoms with Crippen molar-refractivity contribution in [3.8, 4) is 0 Å². The van der Waals surface area contributed by atoms with Crippen LogP contribution in [-0.4, -0.2) is 28.6 Å². The van der Waals surface area contributed by atoms with Crippen LogP contribution in [0.5, 0.6) is 0 Å². The summed E-state index contributed by atoms with van der Waals surface area (Å²) in [4.78, 5) is 25.2. The quantitative estimate of drug-likeness (QED) is 0.403. The molecule has 0 bridgehead atoms. The average Bonchev–Trinajstić information content (AvgIpc) is 3.29. The van der Waals surface area contributed by atoms with Crippen LogP contribution in [0.25, 0.3) is 0 Å². The fourth-order valence-corrected chi connectivity index (χ4v) is 4.84. The molecular weight excluding hydrogens is 456 g/mol. The van der Waals surface area contributed by atoms with E-state index in [2.05, 4.69) is 42.8 Å². The number of hydrogen-bond acceptors (Lipinski definition) is 7. The summed E-state index contributed by atoms with van der Waals surface area (Å²) in [5.74, 6) is 0.161. The van der Waals surface area contributed by atoms with Crippen molar-refractivity contribution in [2.24, 2.45) is 0 Å². The van der Waals surface area contributed by atoms with E-state index < -0.39 is 0 Å². The molecule has 0 saturated heterocycles. The maximum Gasteiger partial charge on any atom is 0.251 e. The highest BCUT2D eigenvalue weighted by Gasteiger charge is 2.11. The van der Waals surface area contributed by atoms with Crippen molar-refractivity contribution < 1.29 is 9.59 Å². The number of carbonyl (C=O) groups excluding carboxylic acids is 2. The Balaban J connectivity index is 1.45. The fraction of sp³-hybridized carbons (Fsp3) is 0.125. The van der Waals surface area contributed by atoms with E-state index in [1.54, 1.807) is 41.3 Å². The van der Waals surface area contributed by atoms with E-state index in [0.29, 0.717) is 10.7 Å². The number of aromatic nitrogens is 2. The molecule has 6 nitrogen and oxygen atoms in total. The number of hydrogen-bond donors (Lipinski definition) is 2. The van der Waals surface area contributed by atoms with Gasteiger partial charge in [-0.25, -0.2) is 0 Å². The van der Waals surface area contributed by atoms with Crippen LogP contribution in [0, 0.1) is 0 Å². The average molecular weight is 469 g/mol. The molecule has 10 heteroatoms. The lowest BCUT2D eigenvalue weighted by Crippen LogP contribution is -2.32. The number of carbonyl (C=O) groups is 2. The maximum absolute atomic E-state index is 12.0. The van der Waals surface area contributed by atoms with E-state index >= 15 is 0 Å². The van der Waals surface area contributed by atoms with Crippen LogP contribution in [-0.2, 0) is 10.5 Å². The van der Waals surface area contributed by atoms with Crippen molar-refractivity contribution in [2.45, 2.75) is 10.1 Å². The van der Waals surface area contributed by atoms with E-state index in [1.165, 1.54) is 16.2 Å². The lowest BCUT2D eigenvalue weighted by molar-refractivity contribution is -0.115. The third-order valence-electron chi connectivity index (χ3n) is 3.07. The summed E-state index contributed by atoms with van der Waals surface area (Å²) in [6.45, 7) is -0.136. The normalized spacial score (nSPS) is 10.5. The van der Waals surface area contributed by atoms with Gasteiger partial charge >= 0.3 is 0 Å². The van der Waals surface area contributed by atoms with Crippen LogP contribution >= 0.6 is 50.4 Å². The Labute approximate surface area is 170 Å². The molecule has 0 aliphatic rings. The van der Waals surface area contributed by atoms with Gasteiger partial charge in [-0.1, -0.05) is 51.2 Å². The smallest absolute Gasteiger partial charge is 0.251 e. The first-order valence-electron chi connectivity index (χ1n) is 7.42. The summed E-state index contributed by atoms with van der Waals surface area (Å²) in [6, 6.07) is 11.0. The summed E-state index contributed by atoms with van der Waals surface area (Å²) >= 11 is 7.88. The molecule has 0 atom stereocenters. The van der Waals surface area contributed by atoms with Crippen LogP contribution in [0.3, 0.4) is 0 Å². The molecule has 0 spiro atoms. The molecule has 2 amide bonds. The Morgan fingerprint density at radius 2 is 2.08 bits per heavy atom. The predicted octanol–water partition coefficient (Wildman–Crippen LogP) is 4.02. The van der Waals surface area contributed by atoms with Crippen molar-refractivity contribution in [1.82, 2.24) is 15.5 Å². The molecule has 0 fully saturated rings. The van der Waals surface area contributed by atoms with Gasteiger partial charge in [-0.05, 0) is 29.6 Å². The SMILES string of the molecule is O=C(CNC(=O)c1cccc(Br)c1)Nc1nnc(SCc2cccs2)s1. The third-order valence-corrected chi connectivity index (χ3v) is 6.64. The summed E-state index contributed by atoms with van der Waals surface area (Å²) < 4.78 is 1.59. The maximum atomic E-state index is 12.0. The molecule has 0 unspecified atom stereocenters. The van der Waals surface area contributed by atoms with Gasteiger partial charge in [-0.2, -0.15) is 0 Å². The molecule has 0 radical (unpaired) electrons. The summed E-state index contributed by atoms with van der Waals surface area (Å²) in [7, 11) is 0. The molecule has 134 valence electrons. The topological polar surface area (TPSA) is 84.0 Å². The molecule has 0 aliphatic carbocycles. The second-order valence-electron chi connectivity index (χ2n) is 4.98. The zero-order valence-corrected chi connectivity index (χ0v) is 17.3. The number of benzene rings is 1. The summed E-state index contributed by atoms with van der Waals surface area (Å²) in [5, 5.41) is 15.7. The molecule has 1 aromatic carbocycles. The Hall–Kier alpha value is -1.75. The highest BCUT2D eigenvalue weighted by atomic mass is 79.9. The van der Waals surface area contributed by atoms with Crippen molar-refractivity contribution >= 4 is 67.3 Å². The van der Waals surface area contributed by atoms with Crippen LogP contribution in [0.1, 0.15) is 15.2 Å². The Kier molecular flexibility index (Phi) is 6.78. The molecule has 3 aromatic rings. The van der Waals surface area contributed by atoms with Crippen LogP contribution in [0.2, 0.25) is 0 Å². The second-order valence-corrected chi connectivity index (χ2v) is 9.13. The van der Waals surface area contributed by atoms with E-state index in [9.17, 15) is 9.59 Å². The summed E-state index contributed by atoms with van der Waals surface area (Å²) in [6.07, 6.45) is 0. The van der Waals surface area contributed by atoms with Crippen molar-refractivity contribution in [3.63, 3.8) is 0 Å². The number of thiophene rings is 1. The molecule has 2 N–H and O–H groups in total. The van der Waals surface area contributed by atoms with Gasteiger partial charge in [0.2, 0.25) is 11.0 Å². The Morgan fingerprint density at radius 3 is 2.85 bits per heavy atom. The van der Waals surface area contributed by atoms with Gasteiger partial charge in [-0.15, -0.1) is 21.5 Å². The first-order chi connectivity index (χ1) is 12.6. The second kappa shape index (κ2) is 9.26. The van der Waals surface area contributed by atoms with Gasteiger partial charge in [-0.3, -0.25) is 14.9 Å². The van der Waals surface area contributed by atoms with Gasteiger partial charge < -0.3 is 5.32 Å².